The van der Waals surface area contributed by atoms with Gasteiger partial charge in [-0.2, -0.15) is 0 Å². The summed E-state index contributed by atoms with van der Waals surface area (Å²) in [4.78, 5) is 10.7. The van der Waals surface area contributed by atoms with Gasteiger partial charge in [0.25, 0.3) is 5.69 Å². The van der Waals surface area contributed by atoms with Crippen molar-refractivity contribution in [2.75, 3.05) is 5.32 Å². The van der Waals surface area contributed by atoms with Gasteiger partial charge in [-0.1, -0.05) is 33.6 Å². The van der Waals surface area contributed by atoms with Crippen LogP contribution in [0.3, 0.4) is 0 Å². The van der Waals surface area contributed by atoms with E-state index < -0.39 is 4.92 Å². The molecule has 0 spiro atoms. The van der Waals surface area contributed by atoms with Crippen molar-refractivity contribution in [3.05, 3.63) is 67.1 Å². The van der Waals surface area contributed by atoms with Crippen LogP contribution in [0, 0.1) is 10.1 Å². The molecule has 2 aromatic carbocycles. The molecule has 2 aromatic rings. The fourth-order valence-electron chi connectivity index (χ4n) is 2.71. The van der Waals surface area contributed by atoms with Crippen LogP contribution in [0.4, 0.5) is 11.4 Å². The van der Waals surface area contributed by atoms with Crippen LogP contribution in [0.25, 0.3) is 0 Å². The Morgan fingerprint density at radius 3 is 2.86 bits per heavy atom. The van der Waals surface area contributed by atoms with E-state index in [1.165, 1.54) is 23.3 Å². The van der Waals surface area contributed by atoms with E-state index in [2.05, 4.69) is 33.4 Å². The van der Waals surface area contributed by atoms with E-state index in [0.717, 1.165) is 17.3 Å². The van der Waals surface area contributed by atoms with Gasteiger partial charge in [0.15, 0.2) is 0 Å². The second-order valence-electron chi connectivity index (χ2n) is 5.00. The summed E-state index contributed by atoms with van der Waals surface area (Å²) in [5, 5.41) is 14.9. The van der Waals surface area contributed by atoms with Crippen molar-refractivity contribution in [1.82, 2.24) is 0 Å². The number of nitro groups is 1. The summed E-state index contributed by atoms with van der Waals surface area (Å²) in [6.07, 6.45) is 1.87. The first-order valence-electron chi connectivity index (χ1n) is 6.53. The van der Waals surface area contributed by atoms with Crippen molar-refractivity contribution in [3.63, 3.8) is 0 Å². The van der Waals surface area contributed by atoms with Crippen LogP contribution < -0.4 is 5.32 Å². The average molecular weight is 368 g/mol. The zero-order valence-electron chi connectivity index (χ0n) is 11.0. The third-order valence-electron chi connectivity index (χ3n) is 3.67. The predicted molar refractivity (Wildman–Crippen MR) is 86.9 cm³/mol. The molecule has 1 N–H and O–H groups in total. The van der Waals surface area contributed by atoms with Crippen LogP contribution in [0.1, 0.15) is 23.6 Å². The Kier molecular flexibility index (Phi) is 3.87. The van der Waals surface area contributed by atoms with Crippen LogP contribution in [-0.2, 0) is 6.42 Å². The quantitative estimate of drug-likeness (QED) is 0.606. The molecule has 0 aliphatic heterocycles. The Morgan fingerprint density at radius 2 is 2.10 bits per heavy atom. The van der Waals surface area contributed by atoms with E-state index in [1.54, 1.807) is 6.07 Å². The fraction of sp³-hybridized carbons (Fsp3) is 0.200. The molecular weight excluding hydrogens is 356 g/mol. The number of hydrogen-bond donors (Lipinski definition) is 1. The van der Waals surface area contributed by atoms with Gasteiger partial charge >= 0.3 is 0 Å². The molecule has 6 heteroatoms. The van der Waals surface area contributed by atoms with Gasteiger partial charge in [0.05, 0.1) is 11.0 Å². The van der Waals surface area contributed by atoms with Gasteiger partial charge in [-0.15, -0.1) is 0 Å². The van der Waals surface area contributed by atoms with Crippen molar-refractivity contribution < 1.29 is 4.92 Å². The van der Waals surface area contributed by atoms with E-state index in [-0.39, 0.29) is 11.7 Å². The van der Waals surface area contributed by atoms with E-state index in [1.807, 2.05) is 6.07 Å². The van der Waals surface area contributed by atoms with Crippen molar-refractivity contribution >= 4 is 38.9 Å². The summed E-state index contributed by atoms with van der Waals surface area (Å²) < 4.78 is 1.05. The Hall–Kier alpha value is -1.59. The summed E-state index contributed by atoms with van der Waals surface area (Å²) in [6.45, 7) is 0. The second-order valence-corrected chi connectivity index (χ2v) is 6.35. The summed E-state index contributed by atoms with van der Waals surface area (Å²) in [7, 11) is 0. The molecule has 0 saturated carbocycles. The number of rotatable bonds is 3. The minimum atomic E-state index is -0.393. The van der Waals surface area contributed by atoms with E-state index in [4.69, 9.17) is 11.6 Å². The number of aryl methyl sites for hydroxylation is 1. The molecule has 0 bridgehead atoms. The number of benzene rings is 2. The van der Waals surface area contributed by atoms with Crippen molar-refractivity contribution in [2.45, 2.75) is 18.9 Å². The van der Waals surface area contributed by atoms with Gasteiger partial charge in [0, 0.05) is 15.6 Å². The number of anilines is 1. The highest BCUT2D eigenvalue weighted by molar-refractivity contribution is 9.10. The molecule has 3 rings (SSSR count). The average Bonchev–Trinajstić information content (AvgIpc) is 2.81. The molecule has 0 aromatic heterocycles. The molecule has 108 valence electrons. The molecule has 0 saturated heterocycles. The first-order chi connectivity index (χ1) is 10.0. The molecule has 1 unspecified atom stereocenters. The highest BCUT2D eigenvalue weighted by atomic mass is 79.9. The standard InChI is InChI=1S/C15H12BrClN2O2/c16-10-2-4-12-9(7-10)1-5-13(12)18-14-8-11(17)3-6-15(14)19(20)21/h2-4,6-8,13,18H,1,5H2. The van der Waals surface area contributed by atoms with Gasteiger partial charge in [-0.05, 0) is 48.2 Å². The smallest absolute Gasteiger partial charge is 0.292 e. The van der Waals surface area contributed by atoms with Crippen LogP contribution in [0.5, 0.6) is 0 Å². The zero-order chi connectivity index (χ0) is 15.0. The number of halogens is 2. The van der Waals surface area contributed by atoms with E-state index >= 15 is 0 Å². The van der Waals surface area contributed by atoms with Gasteiger partial charge in [-0.3, -0.25) is 10.1 Å². The highest BCUT2D eigenvalue weighted by Crippen LogP contribution is 2.38. The summed E-state index contributed by atoms with van der Waals surface area (Å²) in [5.74, 6) is 0. The minimum Gasteiger partial charge on any atom is -0.373 e. The minimum absolute atomic E-state index is 0.0463. The first kappa shape index (κ1) is 14.4. The number of hydrogen-bond acceptors (Lipinski definition) is 3. The Morgan fingerprint density at radius 1 is 1.29 bits per heavy atom. The van der Waals surface area contributed by atoms with Crippen molar-refractivity contribution in [3.8, 4) is 0 Å². The Bertz CT molecular complexity index is 721. The lowest BCUT2D eigenvalue weighted by Gasteiger charge is -2.16. The molecule has 0 amide bonds. The topological polar surface area (TPSA) is 55.2 Å². The zero-order valence-corrected chi connectivity index (χ0v) is 13.3. The number of fused-ring (bicyclic) bond motifs is 1. The van der Waals surface area contributed by atoms with Gasteiger partial charge in [0.2, 0.25) is 0 Å². The normalized spacial score (nSPS) is 16.6. The first-order valence-corrected chi connectivity index (χ1v) is 7.70. The number of nitrogens with zero attached hydrogens (tertiary/aromatic N) is 1. The number of nitrogens with one attached hydrogen (secondary N) is 1. The Balaban J connectivity index is 1.93. The summed E-state index contributed by atoms with van der Waals surface area (Å²) in [5.41, 5.74) is 2.97. The van der Waals surface area contributed by atoms with Crippen LogP contribution >= 0.6 is 27.5 Å². The summed E-state index contributed by atoms with van der Waals surface area (Å²) >= 11 is 9.42. The Labute approximate surface area is 135 Å². The fourth-order valence-corrected chi connectivity index (χ4v) is 3.29. The molecule has 1 aliphatic carbocycles. The largest absolute Gasteiger partial charge is 0.373 e. The maximum absolute atomic E-state index is 11.1. The van der Waals surface area contributed by atoms with Crippen molar-refractivity contribution in [2.24, 2.45) is 0 Å². The lowest BCUT2D eigenvalue weighted by atomic mass is 10.1. The van der Waals surface area contributed by atoms with Gasteiger partial charge < -0.3 is 5.32 Å². The predicted octanol–water partition coefficient (Wildman–Crippen LogP) is 5.11. The molecule has 1 aliphatic rings. The third kappa shape index (κ3) is 2.89. The SMILES string of the molecule is O=[N+]([O-])c1ccc(Cl)cc1NC1CCc2cc(Br)ccc21. The van der Waals surface area contributed by atoms with Gasteiger partial charge in [-0.25, -0.2) is 0 Å². The van der Waals surface area contributed by atoms with Crippen molar-refractivity contribution in [1.29, 1.82) is 0 Å². The molecule has 0 fully saturated rings. The lowest BCUT2D eigenvalue weighted by Crippen LogP contribution is -2.08. The lowest BCUT2D eigenvalue weighted by molar-refractivity contribution is -0.384. The van der Waals surface area contributed by atoms with E-state index in [9.17, 15) is 10.1 Å². The molecule has 1 atom stereocenters. The molecule has 21 heavy (non-hydrogen) atoms. The molecule has 0 heterocycles. The third-order valence-corrected chi connectivity index (χ3v) is 4.40. The monoisotopic (exact) mass is 366 g/mol. The van der Waals surface area contributed by atoms with Crippen LogP contribution in [0.2, 0.25) is 5.02 Å². The number of nitro benzene ring substituents is 1. The van der Waals surface area contributed by atoms with Crippen LogP contribution in [0.15, 0.2) is 40.9 Å². The summed E-state index contributed by atoms with van der Waals surface area (Å²) in [6, 6.07) is 10.8. The highest BCUT2D eigenvalue weighted by Gasteiger charge is 2.25. The second kappa shape index (κ2) is 5.66. The van der Waals surface area contributed by atoms with E-state index in [0.29, 0.717) is 10.7 Å². The van der Waals surface area contributed by atoms with Crippen LogP contribution in [-0.4, -0.2) is 4.92 Å². The molecular formula is C15H12BrClN2O2. The molecule has 4 nitrogen and oxygen atoms in total. The maximum Gasteiger partial charge on any atom is 0.292 e. The van der Waals surface area contributed by atoms with Gasteiger partial charge in [0.1, 0.15) is 5.69 Å². The molecule has 0 radical (unpaired) electrons. The maximum atomic E-state index is 11.1.